The number of rotatable bonds is 9. The standard InChI is InChI=1S/C19H26O7/c1-5-23-17(21)13-24-15(11-16(20)26-19(2,3)4)18(22)25-12-14-9-7-6-8-10-14/h6-10,15H,5,11-13H2,1-4H3/t15-/m0/s1. The van der Waals surface area contributed by atoms with Crippen LogP contribution in [-0.2, 0) is 39.9 Å². The molecule has 1 rings (SSSR count). The lowest BCUT2D eigenvalue weighted by Crippen LogP contribution is -2.34. The van der Waals surface area contributed by atoms with Gasteiger partial charge in [0.25, 0.3) is 0 Å². The third kappa shape index (κ3) is 9.17. The summed E-state index contributed by atoms with van der Waals surface area (Å²) in [5, 5.41) is 0. The molecule has 1 atom stereocenters. The second-order valence-electron chi connectivity index (χ2n) is 6.49. The normalized spacial score (nSPS) is 12.2. The van der Waals surface area contributed by atoms with E-state index in [-0.39, 0.29) is 19.6 Å². The molecule has 7 nitrogen and oxygen atoms in total. The van der Waals surface area contributed by atoms with E-state index in [0.29, 0.717) is 0 Å². The number of hydrogen-bond acceptors (Lipinski definition) is 7. The Labute approximate surface area is 153 Å². The Balaban J connectivity index is 2.66. The van der Waals surface area contributed by atoms with Gasteiger partial charge < -0.3 is 18.9 Å². The van der Waals surface area contributed by atoms with Crippen molar-refractivity contribution in [2.75, 3.05) is 13.2 Å². The van der Waals surface area contributed by atoms with E-state index in [4.69, 9.17) is 18.9 Å². The fourth-order valence-corrected chi connectivity index (χ4v) is 1.94. The Kier molecular flexibility index (Phi) is 8.78. The Morgan fingerprint density at radius 1 is 1.00 bits per heavy atom. The van der Waals surface area contributed by atoms with Crippen LogP contribution < -0.4 is 0 Å². The Bertz CT molecular complexity index is 590. The molecule has 0 aromatic heterocycles. The number of ether oxygens (including phenoxy) is 4. The minimum Gasteiger partial charge on any atom is -0.464 e. The predicted octanol–water partition coefficient (Wildman–Crippen LogP) is 2.41. The van der Waals surface area contributed by atoms with Gasteiger partial charge in [0.05, 0.1) is 13.0 Å². The van der Waals surface area contributed by atoms with Gasteiger partial charge in [-0.3, -0.25) is 4.79 Å². The summed E-state index contributed by atoms with van der Waals surface area (Å²) >= 11 is 0. The summed E-state index contributed by atoms with van der Waals surface area (Å²) in [6, 6.07) is 9.08. The lowest BCUT2D eigenvalue weighted by Gasteiger charge is -2.21. The van der Waals surface area contributed by atoms with Gasteiger partial charge in [0.15, 0.2) is 6.10 Å². The molecular weight excluding hydrogens is 340 g/mol. The summed E-state index contributed by atoms with van der Waals surface area (Å²) < 4.78 is 20.4. The molecule has 0 saturated carbocycles. The molecule has 0 amide bonds. The minimum atomic E-state index is -1.25. The van der Waals surface area contributed by atoms with E-state index >= 15 is 0 Å². The van der Waals surface area contributed by atoms with Crippen LogP contribution in [0, 0.1) is 0 Å². The molecule has 7 heteroatoms. The molecular formula is C19H26O7. The van der Waals surface area contributed by atoms with Crippen LogP contribution in [0.25, 0.3) is 0 Å². The minimum absolute atomic E-state index is 0.0350. The number of benzene rings is 1. The summed E-state index contributed by atoms with van der Waals surface area (Å²) in [5.41, 5.74) is 0.0961. The summed E-state index contributed by atoms with van der Waals surface area (Å²) in [5.74, 6) is -2.00. The largest absolute Gasteiger partial charge is 0.464 e. The van der Waals surface area contributed by atoms with Crippen LogP contribution in [0.4, 0.5) is 0 Å². The molecule has 0 aliphatic heterocycles. The second kappa shape index (κ2) is 10.6. The molecule has 0 fully saturated rings. The van der Waals surface area contributed by atoms with Crippen LogP contribution in [0.1, 0.15) is 39.7 Å². The quantitative estimate of drug-likeness (QED) is 0.490. The molecule has 1 aromatic rings. The Morgan fingerprint density at radius 2 is 1.65 bits per heavy atom. The third-order valence-corrected chi connectivity index (χ3v) is 2.97. The zero-order valence-electron chi connectivity index (χ0n) is 15.7. The maximum Gasteiger partial charge on any atom is 0.336 e. The average molecular weight is 366 g/mol. The summed E-state index contributed by atoms with van der Waals surface area (Å²) in [6.45, 7) is 6.57. The summed E-state index contributed by atoms with van der Waals surface area (Å²) in [4.78, 5) is 35.7. The number of hydrogen-bond donors (Lipinski definition) is 0. The van der Waals surface area contributed by atoms with Gasteiger partial charge in [0.1, 0.15) is 18.8 Å². The van der Waals surface area contributed by atoms with Crippen LogP contribution in [0.2, 0.25) is 0 Å². The first-order valence-electron chi connectivity index (χ1n) is 8.41. The molecule has 0 aliphatic rings. The molecule has 0 unspecified atom stereocenters. The van der Waals surface area contributed by atoms with Crippen molar-refractivity contribution in [2.45, 2.75) is 52.4 Å². The molecule has 0 heterocycles. The van der Waals surface area contributed by atoms with E-state index < -0.39 is 36.2 Å². The highest BCUT2D eigenvalue weighted by molar-refractivity contribution is 5.82. The van der Waals surface area contributed by atoms with Crippen molar-refractivity contribution in [3.63, 3.8) is 0 Å². The van der Waals surface area contributed by atoms with Crippen molar-refractivity contribution >= 4 is 17.9 Å². The van der Waals surface area contributed by atoms with Gasteiger partial charge in [-0.1, -0.05) is 30.3 Å². The third-order valence-electron chi connectivity index (χ3n) is 2.97. The zero-order chi connectivity index (χ0) is 19.6. The lowest BCUT2D eigenvalue weighted by molar-refractivity contribution is -0.173. The molecule has 1 aromatic carbocycles. The van der Waals surface area contributed by atoms with Gasteiger partial charge in [-0.05, 0) is 33.3 Å². The first-order valence-corrected chi connectivity index (χ1v) is 8.41. The van der Waals surface area contributed by atoms with Crippen molar-refractivity contribution in [3.8, 4) is 0 Å². The topological polar surface area (TPSA) is 88.1 Å². The average Bonchev–Trinajstić information content (AvgIpc) is 2.56. The number of esters is 3. The molecule has 0 aliphatic carbocycles. The van der Waals surface area contributed by atoms with Crippen molar-refractivity contribution in [3.05, 3.63) is 35.9 Å². The van der Waals surface area contributed by atoms with E-state index in [0.717, 1.165) is 5.56 Å². The number of carbonyl (C=O) groups excluding carboxylic acids is 3. The van der Waals surface area contributed by atoms with Gasteiger partial charge >= 0.3 is 17.9 Å². The van der Waals surface area contributed by atoms with Crippen LogP contribution in [0.5, 0.6) is 0 Å². The SMILES string of the molecule is CCOC(=O)CO[C@@H](CC(=O)OC(C)(C)C)C(=O)OCc1ccccc1. The molecule has 0 N–H and O–H groups in total. The predicted molar refractivity (Wildman–Crippen MR) is 93.1 cm³/mol. The number of carbonyl (C=O) groups is 3. The van der Waals surface area contributed by atoms with Crippen LogP contribution in [0.3, 0.4) is 0 Å². The van der Waals surface area contributed by atoms with Gasteiger partial charge in [0, 0.05) is 0 Å². The van der Waals surface area contributed by atoms with Gasteiger partial charge in [-0.2, -0.15) is 0 Å². The molecule has 0 saturated heterocycles. The molecule has 0 bridgehead atoms. The highest BCUT2D eigenvalue weighted by atomic mass is 16.6. The highest BCUT2D eigenvalue weighted by Crippen LogP contribution is 2.12. The summed E-state index contributed by atoms with van der Waals surface area (Å²) in [7, 11) is 0. The summed E-state index contributed by atoms with van der Waals surface area (Å²) in [6.07, 6.45) is -1.61. The van der Waals surface area contributed by atoms with E-state index in [1.54, 1.807) is 39.8 Å². The van der Waals surface area contributed by atoms with Gasteiger partial charge in [-0.15, -0.1) is 0 Å². The Hall–Kier alpha value is -2.41. The monoisotopic (exact) mass is 366 g/mol. The lowest BCUT2D eigenvalue weighted by atomic mass is 10.2. The van der Waals surface area contributed by atoms with Crippen molar-refractivity contribution in [2.24, 2.45) is 0 Å². The van der Waals surface area contributed by atoms with Gasteiger partial charge in [0.2, 0.25) is 0 Å². The zero-order valence-corrected chi connectivity index (χ0v) is 15.7. The second-order valence-corrected chi connectivity index (χ2v) is 6.49. The van der Waals surface area contributed by atoms with E-state index in [1.807, 2.05) is 18.2 Å². The van der Waals surface area contributed by atoms with E-state index in [9.17, 15) is 14.4 Å². The maximum absolute atomic E-state index is 12.3. The van der Waals surface area contributed by atoms with Gasteiger partial charge in [-0.25, -0.2) is 9.59 Å². The first kappa shape index (κ1) is 21.6. The first-order chi connectivity index (χ1) is 12.2. The van der Waals surface area contributed by atoms with Crippen LogP contribution >= 0.6 is 0 Å². The van der Waals surface area contributed by atoms with Crippen molar-refractivity contribution < 1.29 is 33.3 Å². The molecule has 26 heavy (non-hydrogen) atoms. The molecule has 0 spiro atoms. The molecule has 0 radical (unpaired) electrons. The highest BCUT2D eigenvalue weighted by Gasteiger charge is 2.28. The van der Waals surface area contributed by atoms with Crippen LogP contribution in [0.15, 0.2) is 30.3 Å². The molecule has 144 valence electrons. The Morgan fingerprint density at radius 3 is 2.23 bits per heavy atom. The van der Waals surface area contributed by atoms with Crippen molar-refractivity contribution in [1.29, 1.82) is 0 Å². The maximum atomic E-state index is 12.3. The fourth-order valence-electron chi connectivity index (χ4n) is 1.94. The van der Waals surface area contributed by atoms with Crippen molar-refractivity contribution in [1.82, 2.24) is 0 Å². The van der Waals surface area contributed by atoms with E-state index in [2.05, 4.69) is 0 Å². The van der Waals surface area contributed by atoms with E-state index in [1.165, 1.54) is 0 Å². The van der Waals surface area contributed by atoms with Crippen LogP contribution in [-0.4, -0.2) is 42.8 Å². The fraction of sp³-hybridized carbons (Fsp3) is 0.526. The smallest absolute Gasteiger partial charge is 0.336 e.